The maximum Gasteiger partial charge on any atom is 0.124 e. The van der Waals surface area contributed by atoms with Crippen LogP contribution in [0.4, 0.5) is 4.39 Å². The number of benzene rings is 1. The molecule has 1 saturated heterocycles. The second kappa shape index (κ2) is 7.22. The van der Waals surface area contributed by atoms with Gasteiger partial charge in [0.15, 0.2) is 0 Å². The van der Waals surface area contributed by atoms with Crippen LogP contribution >= 0.6 is 11.6 Å². The third kappa shape index (κ3) is 4.16. The van der Waals surface area contributed by atoms with E-state index in [1.54, 1.807) is 6.07 Å². The molecule has 1 N–H and O–H groups in total. The summed E-state index contributed by atoms with van der Waals surface area (Å²) in [4.78, 5) is 2.43. The van der Waals surface area contributed by atoms with E-state index in [1.165, 1.54) is 25.0 Å². The first-order chi connectivity index (χ1) is 9.20. The molecule has 0 spiro atoms. The zero-order valence-electron chi connectivity index (χ0n) is 11.1. The second-order valence-electron chi connectivity index (χ2n) is 5.18. The van der Waals surface area contributed by atoms with Gasteiger partial charge < -0.3 is 5.11 Å². The molecule has 0 unspecified atom stereocenters. The number of hydrogen-bond donors (Lipinski definition) is 1. The lowest BCUT2D eigenvalue weighted by Crippen LogP contribution is -2.41. The van der Waals surface area contributed by atoms with Gasteiger partial charge in [0.1, 0.15) is 5.82 Å². The number of hydrogen-bond acceptors (Lipinski definition) is 2. The summed E-state index contributed by atoms with van der Waals surface area (Å²) in [6.07, 6.45) is 5.31. The lowest BCUT2D eigenvalue weighted by Gasteiger charge is -2.35. The van der Waals surface area contributed by atoms with E-state index < -0.39 is 0 Å². The number of piperidine rings is 1. The second-order valence-corrected chi connectivity index (χ2v) is 5.59. The van der Waals surface area contributed by atoms with E-state index in [9.17, 15) is 4.39 Å². The van der Waals surface area contributed by atoms with Crippen LogP contribution in [-0.4, -0.2) is 35.7 Å². The standard InChI is InChI=1S/C15H21ClFNO/c16-15-11-13(17)5-4-12(15)6-9-18-8-2-1-3-14(18)7-10-19/h4-5,11,14,19H,1-3,6-10H2/t14-/m0/s1. The third-order valence-corrected chi connectivity index (χ3v) is 4.25. The maximum absolute atomic E-state index is 13.0. The number of aliphatic hydroxyl groups is 1. The summed E-state index contributed by atoms with van der Waals surface area (Å²) in [5.41, 5.74) is 0.997. The van der Waals surface area contributed by atoms with Crippen molar-refractivity contribution in [3.05, 3.63) is 34.6 Å². The minimum atomic E-state index is -0.287. The quantitative estimate of drug-likeness (QED) is 0.898. The normalized spacial score (nSPS) is 20.7. The van der Waals surface area contributed by atoms with Crippen molar-refractivity contribution < 1.29 is 9.50 Å². The first-order valence-electron chi connectivity index (χ1n) is 6.99. The zero-order chi connectivity index (χ0) is 13.7. The summed E-state index contributed by atoms with van der Waals surface area (Å²) in [7, 11) is 0. The molecule has 0 aliphatic carbocycles. The highest BCUT2D eigenvalue weighted by Crippen LogP contribution is 2.22. The molecule has 0 bridgehead atoms. The molecule has 0 radical (unpaired) electrons. The van der Waals surface area contributed by atoms with Crippen LogP contribution in [-0.2, 0) is 6.42 Å². The fraction of sp³-hybridized carbons (Fsp3) is 0.600. The van der Waals surface area contributed by atoms with Gasteiger partial charge >= 0.3 is 0 Å². The fourth-order valence-corrected chi connectivity index (χ4v) is 3.08. The van der Waals surface area contributed by atoms with E-state index >= 15 is 0 Å². The van der Waals surface area contributed by atoms with Crippen molar-refractivity contribution in [3.63, 3.8) is 0 Å². The molecule has 1 fully saturated rings. The third-order valence-electron chi connectivity index (χ3n) is 3.89. The summed E-state index contributed by atoms with van der Waals surface area (Å²) in [6, 6.07) is 5.09. The highest BCUT2D eigenvalue weighted by molar-refractivity contribution is 6.31. The summed E-state index contributed by atoms with van der Waals surface area (Å²) in [5.74, 6) is -0.287. The number of rotatable bonds is 5. The van der Waals surface area contributed by atoms with Crippen molar-refractivity contribution in [3.8, 4) is 0 Å². The van der Waals surface area contributed by atoms with Crippen LogP contribution in [0, 0.1) is 5.82 Å². The molecule has 4 heteroatoms. The number of likely N-dealkylation sites (tertiary alicyclic amines) is 1. The van der Waals surface area contributed by atoms with Gasteiger partial charge in [-0.2, -0.15) is 0 Å². The Kier molecular flexibility index (Phi) is 5.61. The van der Waals surface area contributed by atoms with E-state index in [4.69, 9.17) is 16.7 Å². The van der Waals surface area contributed by atoms with Crippen molar-refractivity contribution in [1.29, 1.82) is 0 Å². The summed E-state index contributed by atoms with van der Waals surface area (Å²) < 4.78 is 13.0. The van der Waals surface area contributed by atoms with Gasteiger partial charge in [-0.25, -0.2) is 4.39 Å². The van der Waals surface area contributed by atoms with E-state index in [1.807, 2.05) is 0 Å². The largest absolute Gasteiger partial charge is 0.396 e. The smallest absolute Gasteiger partial charge is 0.124 e. The van der Waals surface area contributed by atoms with Crippen molar-refractivity contribution >= 4 is 11.6 Å². The number of aliphatic hydroxyl groups excluding tert-OH is 1. The summed E-state index contributed by atoms with van der Waals surface area (Å²) in [6.45, 7) is 2.26. The van der Waals surface area contributed by atoms with Crippen LogP contribution < -0.4 is 0 Å². The molecule has 1 aromatic carbocycles. The molecule has 2 nitrogen and oxygen atoms in total. The Labute approximate surface area is 119 Å². The molecular formula is C15H21ClFNO. The lowest BCUT2D eigenvalue weighted by atomic mass is 9.99. The molecule has 1 heterocycles. The van der Waals surface area contributed by atoms with E-state index in [-0.39, 0.29) is 12.4 Å². The minimum Gasteiger partial charge on any atom is -0.396 e. The van der Waals surface area contributed by atoms with Gasteiger partial charge in [-0.05, 0) is 49.9 Å². The van der Waals surface area contributed by atoms with Gasteiger partial charge in [-0.15, -0.1) is 0 Å². The van der Waals surface area contributed by atoms with Crippen LogP contribution in [0.1, 0.15) is 31.2 Å². The minimum absolute atomic E-state index is 0.248. The topological polar surface area (TPSA) is 23.5 Å². The molecule has 1 aliphatic heterocycles. The lowest BCUT2D eigenvalue weighted by molar-refractivity contribution is 0.120. The molecule has 1 aliphatic rings. The van der Waals surface area contributed by atoms with Crippen LogP contribution in [0.25, 0.3) is 0 Å². The van der Waals surface area contributed by atoms with Crippen LogP contribution in [0.3, 0.4) is 0 Å². The summed E-state index contributed by atoms with van der Waals surface area (Å²) >= 11 is 6.05. The van der Waals surface area contributed by atoms with Gasteiger partial charge in [0, 0.05) is 24.2 Å². The first kappa shape index (κ1) is 14.8. The molecule has 1 aromatic rings. The van der Waals surface area contributed by atoms with E-state index in [0.29, 0.717) is 11.1 Å². The van der Waals surface area contributed by atoms with Gasteiger partial charge in [-0.1, -0.05) is 24.1 Å². The highest BCUT2D eigenvalue weighted by Gasteiger charge is 2.21. The van der Waals surface area contributed by atoms with Crippen LogP contribution in [0.2, 0.25) is 5.02 Å². The Morgan fingerprint density at radius 1 is 1.37 bits per heavy atom. The van der Waals surface area contributed by atoms with Crippen molar-refractivity contribution in [1.82, 2.24) is 4.90 Å². The van der Waals surface area contributed by atoms with Crippen LogP contribution in [0.5, 0.6) is 0 Å². The van der Waals surface area contributed by atoms with Gasteiger partial charge in [0.2, 0.25) is 0 Å². The molecule has 19 heavy (non-hydrogen) atoms. The summed E-state index contributed by atoms with van der Waals surface area (Å²) in [5, 5.41) is 9.62. The van der Waals surface area contributed by atoms with Crippen LogP contribution in [0.15, 0.2) is 18.2 Å². The van der Waals surface area contributed by atoms with Gasteiger partial charge in [0.05, 0.1) is 0 Å². The molecule has 106 valence electrons. The Morgan fingerprint density at radius 3 is 2.95 bits per heavy atom. The molecule has 2 rings (SSSR count). The maximum atomic E-state index is 13.0. The van der Waals surface area contributed by atoms with Crippen molar-refractivity contribution in [2.45, 2.75) is 38.1 Å². The van der Waals surface area contributed by atoms with Crippen molar-refractivity contribution in [2.24, 2.45) is 0 Å². The monoisotopic (exact) mass is 285 g/mol. The molecular weight excluding hydrogens is 265 g/mol. The fourth-order valence-electron chi connectivity index (χ4n) is 2.82. The van der Waals surface area contributed by atoms with E-state index in [0.717, 1.165) is 37.9 Å². The van der Waals surface area contributed by atoms with Gasteiger partial charge in [-0.3, -0.25) is 4.90 Å². The average Bonchev–Trinajstić information content (AvgIpc) is 2.40. The Hall–Kier alpha value is -0.640. The predicted octanol–water partition coefficient (Wildman–Crippen LogP) is 3.26. The molecule has 0 amide bonds. The average molecular weight is 286 g/mol. The highest BCUT2D eigenvalue weighted by atomic mass is 35.5. The first-order valence-corrected chi connectivity index (χ1v) is 7.37. The van der Waals surface area contributed by atoms with E-state index in [2.05, 4.69) is 4.90 Å². The SMILES string of the molecule is OCC[C@@H]1CCCCN1CCc1ccc(F)cc1Cl. The Bertz CT molecular complexity index is 411. The van der Waals surface area contributed by atoms with Crippen molar-refractivity contribution in [2.75, 3.05) is 19.7 Å². The Morgan fingerprint density at radius 2 is 2.21 bits per heavy atom. The molecule has 0 saturated carbocycles. The number of halogens is 2. The predicted molar refractivity (Wildman–Crippen MR) is 76.0 cm³/mol. The van der Waals surface area contributed by atoms with Gasteiger partial charge in [0.25, 0.3) is 0 Å². The molecule has 0 aromatic heterocycles. The molecule has 1 atom stereocenters. The number of nitrogens with zero attached hydrogens (tertiary/aromatic N) is 1. The Balaban J connectivity index is 1.92. The zero-order valence-corrected chi connectivity index (χ0v) is 11.9.